The largest absolute Gasteiger partial charge is 0.418 e. The van der Waals surface area contributed by atoms with Gasteiger partial charge in [0.05, 0.1) is 22.2 Å². The van der Waals surface area contributed by atoms with Crippen LogP contribution in [0.5, 0.6) is 0 Å². The second-order valence-corrected chi connectivity index (χ2v) is 3.62. The highest BCUT2D eigenvalue weighted by Gasteiger charge is 2.34. The molecule has 1 aromatic carbocycles. The van der Waals surface area contributed by atoms with Crippen molar-refractivity contribution < 1.29 is 18.1 Å². The third kappa shape index (κ3) is 2.70. The molecule has 0 bridgehead atoms. The van der Waals surface area contributed by atoms with Gasteiger partial charge in [0.2, 0.25) is 0 Å². The summed E-state index contributed by atoms with van der Waals surface area (Å²) in [7, 11) is 0. The van der Waals surface area contributed by atoms with E-state index in [1.54, 1.807) is 0 Å². The number of rotatable bonds is 2. The third-order valence-corrected chi connectivity index (χ3v) is 2.37. The summed E-state index contributed by atoms with van der Waals surface area (Å²) in [6.07, 6.45) is -3.37. The smallest absolute Gasteiger partial charge is 0.258 e. The molecule has 0 atom stereocenters. The van der Waals surface area contributed by atoms with E-state index in [1.807, 2.05) is 0 Å². The minimum absolute atomic E-state index is 0.0263. The SMILES string of the molecule is O=[N+]([O-])c1[c]ccc(-c2ncccc2C(F)(F)F)c1. The fourth-order valence-electron chi connectivity index (χ4n) is 1.57. The number of nitro groups is 1. The van der Waals surface area contributed by atoms with Crippen LogP contribution in [0.25, 0.3) is 11.3 Å². The van der Waals surface area contributed by atoms with Gasteiger partial charge in [-0.25, -0.2) is 0 Å². The summed E-state index contributed by atoms with van der Waals surface area (Å²) < 4.78 is 38.4. The first-order chi connectivity index (χ1) is 8.89. The van der Waals surface area contributed by atoms with Gasteiger partial charge in [0.1, 0.15) is 0 Å². The number of nitrogens with zero attached hydrogens (tertiary/aromatic N) is 2. The molecule has 97 valence electrons. The molecular weight excluding hydrogens is 261 g/mol. The zero-order valence-corrected chi connectivity index (χ0v) is 9.31. The van der Waals surface area contributed by atoms with Crippen molar-refractivity contribution in [2.24, 2.45) is 0 Å². The molecule has 0 spiro atoms. The number of hydrogen-bond acceptors (Lipinski definition) is 3. The van der Waals surface area contributed by atoms with E-state index in [0.717, 1.165) is 18.2 Å². The van der Waals surface area contributed by atoms with Crippen LogP contribution in [0, 0.1) is 16.2 Å². The monoisotopic (exact) mass is 267 g/mol. The molecule has 0 unspecified atom stereocenters. The van der Waals surface area contributed by atoms with E-state index in [4.69, 9.17) is 0 Å². The fraction of sp³-hybridized carbons (Fsp3) is 0.0833. The molecule has 0 saturated carbocycles. The number of alkyl halides is 3. The first-order valence-electron chi connectivity index (χ1n) is 5.08. The summed E-state index contributed by atoms with van der Waals surface area (Å²) in [5.41, 5.74) is -1.66. The Morgan fingerprint density at radius 1 is 1.32 bits per heavy atom. The Labute approximate surface area is 105 Å². The van der Waals surface area contributed by atoms with Crippen LogP contribution in [0.3, 0.4) is 0 Å². The van der Waals surface area contributed by atoms with E-state index in [-0.39, 0.29) is 11.3 Å². The van der Waals surface area contributed by atoms with Gasteiger partial charge in [-0.1, -0.05) is 6.07 Å². The Morgan fingerprint density at radius 2 is 2.05 bits per heavy atom. The minimum Gasteiger partial charge on any atom is -0.258 e. The van der Waals surface area contributed by atoms with E-state index in [9.17, 15) is 23.3 Å². The number of aromatic nitrogens is 1. The second kappa shape index (κ2) is 4.68. The molecule has 0 N–H and O–H groups in total. The number of pyridine rings is 1. The van der Waals surface area contributed by atoms with Gasteiger partial charge < -0.3 is 0 Å². The lowest BCUT2D eigenvalue weighted by Gasteiger charge is -2.11. The molecule has 19 heavy (non-hydrogen) atoms. The van der Waals surface area contributed by atoms with Crippen LogP contribution in [0.15, 0.2) is 36.5 Å². The van der Waals surface area contributed by atoms with Crippen LogP contribution in [0.2, 0.25) is 0 Å². The van der Waals surface area contributed by atoms with Crippen molar-refractivity contribution in [2.45, 2.75) is 6.18 Å². The molecule has 0 aliphatic rings. The molecular formula is C12H6F3N2O2. The Kier molecular flexibility index (Phi) is 3.20. The molecule has 7 heteroatoms. The van der Waals surface area contributed by atoms with E-state index in [1.165, 1.54) is 18.3 Å². The van der Waals surface area contributed by atoms with Gasteiger partial charge in [0.15, 0.2) is 0 Å². The minimum atomic E-state index is -4.57. The van der Waals surface area contributed by atoms with Crippen molar-refractivity contribution in [3.05, 3.63) is 58.3 Å². The summed E-state index contributed by atoms with van der Waals surface area (Å²) in [4.78, 5) is 13.5. The maximum absolute atomic E-state index is 12.8. The van der Waals surface area contributed by atoms with Gasteiger partial charge in [-0.3, -0.25) is 15.1 Å². The molecule has 0 aliphatic heterocycles. The lowest BCUT2D eigenvalue weighted by atomic mass is 10.1. The summed E-state index contributed by atoms with van der Waals surface area (Å²) in [5, 5.41) is 10.6. The molecule has 2 rings (SSSR count). The van der Waals surface area contributed by atoms with Crippen LogP contribution in [-0.4, -0.2) is 9.91 Å². The van der Waals surface area contributed by atoms with Crippen molar-refractivity contribution in [1.82, 2.24) is 4.98 Å². The van der Waals surface area contributed by atoms with E-state index < -0.39 is 22.4 Å². The highest BCUT2D eigenvalue weighted by Crippen LogP contribution is 2.36. The average molecular weight is 267 g/mol. The predicted molar refractivity (Wildman–Crippen MR) is 60.2 cm³/mol. The van der Waals surface area contributed by atoms with Crippen LogP contribution in [-0.2, 0) is 6.18 Å². The van der Waals surface area contributed by atoms with Gasteiger partial charge in [0.25, 0.3) is 5.69 Å². The number of non-ortho nitro benzene ring substituents is 1. The second-order valence-electron chi connectivity index (χ2n) is 3.62. The average Bonchev–Trinajstić information content (AvgIpc) is 2.38. The third-order valence-electron chi connectivity index (χ3n) is 2.37. The van der Waals surface area contributed by atoms with Gasteiger partial charge in [0, 0.05) is 17.8 Å². The van der Waals surface area contributed by atoms with Crippen LogP contribution in [0.1, 0.15) is 5.56 Å². The zero-order chi connectivity index (χ0) is 14.0. The zero-order valence-electron chi connectivity index (χ0n) is 9.31. The first-order valence-corrected chi connectivity index (χ1v) is 5.08. The maximum Gasteiger partial charge on any atom is 0.418 e. The Morgan fingerprint density at radius 3 is 2.68 bits per heavy atom. The summed E-state index contributed by atoms with van der Waals surface area (Å²) in [6, 6.07) is 7.87. The maximum atomic E-state index is 12.8. The van der Waals surface area contributed by atoms with Gasteiger partial charge >= 0.3 is 6.18 Å². The van der Waals surface area contributed by atoms with E-state index >= 15 is 0 Å². The van der Waals surface area contributed by atoms with Crippen molar-refractivity contribution in [3.63, 3.8) is 0 Å². The summed E-state index contributed by atoms with van der Waals surface area (Å²) in [6.45, 7) is 0. The normalized spacial score (nSPS) is 11.3. The molecule has 0 saturated heterocycles. The predicted octanol–water partition coefficient (Wildman–Crippen LogP) is 3.48. The van der Waals surface area contributed by atoms with Crippen LogP contribution < -0.4 is 0 Å². The van der Waals surface area contributed by atoms with Crippen molar-refractivity contribution >= 4 is 5.69 Å². The Hall–Kier alpha value is -2.44. The van der Waals surface area contributed by atoms with Crippen molar-refractivity contribution in [2.75, 3.05) is 0 Å². The molecule has 0 aliphatic carbocycles. The van der Waals surface area contributed by atoms with Gasteiger partial charge in [-0.2, -0.15) is 13.2 Å². The summed E-state index contributed by atoms with van der Waals surface area (Å²) in [5.74, 6) is 0. The highest BCUT2D eigenvalue weighted by atomic mass is 19.4. The fourth-order valence-corrected chi connectivity index (χ4v) is 1.57. The van der Waals surface area contributed by atoms with E-state index in [2.05, 4.69) is 11.1 Å². The quantitative estimate of drug-likeness (QED) is 0.618. The number of halogens is 3. The van der Waals surface area contributed by atoms with Gasteiger partial charge in [-0.15, -0.1) is 0 Å². The Balaban J connectivity index is 2.60. The molecule has 2 aromatic rings. The van der Waals surface area contributed by atoms with Crippen molar-refractivity contribution in [3.8, 4) is 11.3 Å². The number of nitro benzene ring substituents is 1. The Bertz CT molecular complexity index is 626. The van der Waals surface area contributed by atoms with Gasteiger partial charge in [-0.05, 0) is 18.2 Å². The number of hydrogen-bond donors (Lipinski definition) is 0. The lowest BCUT2D eigenvalue weighted by molar-refractivity contribution is -0.385. The van der Waals surface area contributed by atoms with Crippen LogP contribution in [0.4, 0.5) is 18.9 Å². The number of benzene rings is 1. The molecule has 0 fully saturated rings. The molecule has 4 nitrogen and oxygen atoms in total. The standard InChI is InChI=1S/C12H6F3N2O2/c13-12(14,15)10-5-2-6-16-11(10)8-3-1-4-9(7-8)17(18)19/h1-3,5-7H. The topological polar surface area (TPSA) is 56.0 Å². The molecule has 1 heterocycles. The van der Waals surface area contributed by atoms with E-state index in [0.29, 0.717) is 0 Å². The molecule has 1 radical (unpaired) electrons. The first kappa shape index (κ1) is 13.0. The summed E-state index contributed by atoms with van der Waals surface area (Å²) >= 11 is 0. The van der Waals surface area contributed by atoms with Crippen LogP contribution >= 0.6 is 0 Å². The van der Waals surface area contributed by atoms with Crippen molar-refractivity contribution in [1.29, 1.82) is 0 Å². The molecule has 0 amide bonds. The lowest BCUT2D eigenvalue weighted by Crippen LogP contribution is -2.08. The highest BCUT2D eigenvalue weighted by molar-refractivity contribution is 5.66. The molecule has 1 aromatic heterocycles.